The Hall–Kier alpha value is -4.07. The quantitative estimate of drug-likeness (QED) is 0.333. The molecule has 0 aliphatic carbocycles. The van der Waals surface area contributed by atoms with E-state index in [0.29, 0.717) is 41.2 Å². The van der Waals surface area contributed by atoms with Crippen LogP contribution in [-0.2, 0) is 6.54 Å². The molecule has 0 radical (unpaired) electrons. The molecule has 0 fully saturated rings. The monoisotopic (exact) mass is 476 g/mol. The van der Waals surface area contributed by atoms with Gasteiger partial charge in [0, 0.05) is 23.6 Å². The molecule has 0 saturated heterocycles. The molecular weight excluding hydrogens is 444 g/mol. The van der Waals surface area contributed by atoms with E-state index >= 15 is 0 Å². The maximum atomic E-state index is 13.2. The maximum Gasteiger partial charge on any atom is 0.258 e. The van der Waals surface area contributed by atoms with Crippen molar-refractivity contribution in [3.8, 4) is 17.2 Å². The molecule has 1 amide bonds. The molecule has 35 heavy (non-hydrogen) atoms. The van der Waals surface area contributed by atoms with Crippen LogP contribution in [0.2, 0.25) is 0 Å². The molecule has 1 atom stereocenters. The van der Waals surface area contributed by atoms with Gasteiger partial charge in [0.25, 0.3) is 5.91 Å². The highest BCUT2D eigenvalue weighted by atomic mass is 16.5. The van der Waals surface area contributed by atoms with Crippen LogP contribution in [0.5, 0.6) is 17.2 Å². The van der Waals surface area contributed by atoms with Crippen LogP contribution in [0.15, 0.2) is 65.9 Å². The molecule has 1 aromatic heterocycles. The minimum atomic E-state index is -0.374. The Morgan fingerprint density at radius 2 is 1.60 bits per heavy atom. The highest BCUT2D eigenvalue weighted by molar-refractivity contribution is 6.10. The highest BCUT2D eigenvalue weighted by Gasteiger charge is 2.18. The number of nitrogens with zero attached hydrogens (tertiary/aromatic N) is 2. The highest BCUT2D eigenvalue weighted by Crippen LogP contribution is 2.38. The molecule has 3 rings (SSSR count). The molecule has 3 aromatic rings. The Labute approximate surface area is 206 Å². The Bertz CT molecular complexity index is 1120. The van der Waals surface area contributed by atoms with Gasteiger partial charge in [-0.1, -0.05) is 26.0 Å². The Morgan fingerprint density at radius 1 is 0.971 bits per heavy atom. The first kappa shape index (κ1) is 25.6. The predicted molar refractivity (Wildman–Crippen MR) is 138 cm³/mol. The van der Waals surface area contributed by atoms with Crippen molar-refractivity contribution >= 4 is 17.6 Å². The van der Waals surface area contributed by atoms with Gasteiger partial charge in [0.05, 0.1) is 27.9 Å². The lowest BCUT2D eigenvalue weighted by atomic mass is 9.99. The zero-order valence-corrected chi connectivity index (χ0v) is 20.8. The first-order chi connectivity index (χ1) is 17.0. The molecule has 0 aliphatic heterocycles. The Kier molecular flexibility index (Phi) is 9.06. The maximum absolute atomic E-state index is 13.2. The Balaban J connectivity index is 1.87. The van der Waals surface area contributed by atoms with Crippen LogP contribution in [-0.4, -0.2) is 38.2 Å². The summed E-state index contributed by atoms with van der Waals surface area (Å²) < 4.78 is 16.1. The fraction of sp³-hybridized carbons (Fsp3) is 0.296. The van der Waals surface area contributed by atoms with Gasteiger partial charge in [-0.3, -0.25) is 15.1 Å². The van der Waals surface area contributed by atoms with E-state index in [2.05, 4.69) is 46.6 Å². The van der Waals surface area contributed by atoms with E-state index in [0.717, 1.165) is 17.7 Å². The number of hydrogen-bond donors (Lipinski definition) is 2. The van der Waals surface area contributed by atoms with Crippen LogP contribution in [0.3, 0.4) is 0 Å². The summed E-state index contributed by atoms with van der Waals surface area (Å²) in [6.45, 7) is 4.73. The smallest absolute Gasteiger partial charge is 0.258 e. The number of aliphatic imine (C=N–C) groups is 1. The third kappa shape index (κ3) is 6.72. The van der Waals surface area contributed by atoms with Crippen molar-refractivity contribution in [1.82, 2.24) is 10.3 Å². The summed E-state index contributed by atoms with van der Waals surface area (Å²) in [6, 6.07) is 15.1. The fourth-order valence-electron chi connectivity index (χ4n) is 3.43. The van der Waals surface area contributed by atoms with E-state index in [1.54, 1.807) is 24.5 Å². The molecule has 0 spiro atoms. The number of aromatic nitrogens is 1. The van der Waals surface area contributed by atoms with Crippen molar-refractivity contribution < 1.29 is 19.0 Å². The van der Waals surface area contributed by atoms with Gasteiger partial charge in [-0.2, -0.15) is 0 Å². The minimum Gasteiger partial charge on any atom is -0.493 e. The van der Waals surface area contributed by atoms with Crippen molar-refractivity contribution in [3.63, 3.8) is 0 Å². The largest absolute Gasteiger partial charge is 0.493 e. The number of hydrogen-bond acceptors (Lipinski definition) is 6. The second kappa shape index (κ2) is 12.4. The van der Waals surface area contributed by atoms with Crippen molar-refractivity contribution in [3.05, 3.63) is 77.6 Å². The van der Waals surface area contributed by atoms with Crippen molar-refractivity contribution in [2.24, 2.45) is 4.99 Å². The van der Waals surface area contributed by atoms with E-state index in [9.17, 15) is 4.79 Å². The van der Waals surface area contributed by atoms with E-state index < -0.39 is 0 Å². The molecule has 8 heteroatoms. The number of carbonyl (C=O) groups is 1. The van der Waals surface area contributed by atoms with Gasteiger partial charge in [0.15, 0.2) is 11.5 Å². The molecule has 8 nitrogen and oxygen atoms in total. The molecular formula is C27H32N4O4. The second-order valence-electron chi connectivity index (χ2n) is 7.94. The van der Waals surface area contributed by atoms with Gasteiger partial charge in [-0.15, -0.1) is 0 Å². The number of amides is 1. The molecule has 0 bridgehead atoms. The summed E-state index contributed by atoms with van der Waals surface area (Å²) >= 11 is 0. The van der Waals surface area contributed by atoms with Gasteiger partial charge in [0.1, 0.15) is 0 Å². The number of benzene rings is 2. The zero-order valence-electron chi connectivity index (χ0n) is 20.8. The number of anilines is 1. The number of guanidine groups is 1. The summed E-state index contributed by atoms with van der Waals surface area (Å²) in [4.78, 5) is 21.8. The third-order valence-electron chi connectivity index (χ3n) is 5.68. The lowest BCUT2D eigenvalue weighted by Crippen LogP contribution is -2.36. The first-order valence-corrected chi connectivity index (χ1v) is 11.4. The average Bonchev–Trinajstić information content (AvgIpc) is 2.91. The molecule has 1 heterocycles. The summed E-state index contributed by atoms with van der Waals surface area (Å²) in [7, 11) is 4.52. The molecule has 2 N–H and O–H groups in total. The predicted octanol–water partition coefficient (Wildman–Crippen LogP) is 5.02. The average molecular weight is 477 g/mol. The lowest BCUT2D eigenvalue weighted by molar-refractivity contribution is 0.0976. The summed E-state index contributed by atoms with van der Waals surface area (Å²) in [6.07, 6.45) is 4.48. The Morgan fingerprint density at radius 3 is 2.14 bits per heavy atom. The summed E-state index contributed by atoms with van der Waals surface area (Å²) in [5.41, 5.74) is 3.38. The molecule has 1 unspecified atom stereocenters. The van der Waals surface area contributed by atoms with Gasteiger partial charge in [-0.25, -0.2) is 4.99 Å². The summed E-state index contributed by atoms with van der Waals surface area (Å²) in [5, 5.41) is 6.10. The van der Waals surface area contributed by atoms with Crippen molar-refractivity contribution in [2.75, 3.05) is 26.6 Å². The van der Waals surface area contributed by atoms with Crippen molar-refractivity contribution in [2.45, 2.75) is 32.7 Å². The van der Waals surface area contributed by atoms with E-state index in [1.807, 2.05) is 24.3 Å². The van der Waals surface area contributed by atoms with Gasteiger partial charge >= 0.3 is 0 Å². The van der Waals surface area contributed by atoms with E-state index in [-0.39, 0.29) is 5.91 Å². The molecule has 0 aliphatic rings. The molecule has 2 aromatic carbocycles. The zero-order chi connectivity index (χ0) is 25.2. The van der Waals surface area contributed by atoms with E-state index in [4.69, 9.17) is 14.2 Å². The SMILES string of the molecule is CCC(C)c1ccc(NC(=NCc2ccncc2)NC(=O)c2cc(OC)c(OC)c(OC)c2)cc1. The number of methoxy groups -OCH3 is 3. The van der Waals surface area contributed by atoms with Gasteiger partial charge < -0.3 is 19.5 Å². The van der Waals surface area contributed by atoms with Crippen LogP contribution in [0, 0.1) is 0 Å². The van der Waals surface area contributed by atoms with Crippen LogP contribution in [0.25, 0.3) is 0 Å². The van der Waals surface area contributed by atoms with Gasteiger partial charge in [-0.05, 0) is 59.9 Å². The fourth-order valence-corrected chi connectivity index (χ4v) is 3.43. The third-order valence-corrected chi connectivity index (χ3v) is 5.68. The number of carbonyl (C=O) groups excluding carboxylic acids is 1. The van der Waals surface area contributed by atoms with Gasteiger partial charge in [0.2, 0.25) is 11.7 Å². The van der Waals surface area contributed by atoms with Crippen LogP contribution >= 0.6 is 0 Å². The van der Waals surface area contributed by atoms with Crippen molar-refractivity contribution in [1.29, 1.82) is 0 Å². The van der Waals surface area contributed by atoms with Crippen LogP contribution < -0.4 is 24.8 Å². The number of ether oxygens (including phenoxy) is 3. The normalized spacial score (nSPS) is 12.0. The van der Waals surface area contributed by atoms with Crippen LogP contribution in [0.4, 0.5) is 5.69 Å². The minimum absolute atomic E-state index is 0.317. The number of nitrogens with one attached hydrogen (secondary N) is 2. The molecule has 0 saturated carbocycles. The standard InChI is InChI=1S/C27H32N4O4/c1-6-18(2)20-7-9-22(10-8-20)30-27(29-17-19-11-13-28-14-12-19)31-26(32)21-15-23(33-3)25(35-5)24(16-21)34-4/h7-16,18H,6,17H2,1-5H3,(H2,29,30,31,32). The topological polar surface area (TPSA) is 94.1 Å². The number of pyridine rings is 1. The molecule has 184 valence electrons. The van der Waals surface area contributed by atoms with E-state index in [1.165, 1.54) is 26.9 Å². The van der Waals surface area contributed by atoms with Crippen LogP contribution in [0.1, 0.15) is 47.7 Å². The lowest BCUT2D eigenvalue weighted by Gasteiger charge is -2.16. The number of rotatable bonds is 9. The summed E-state index contributed by atoms with van der Waals surface area (Å²) in [5.74, 6) is 1.61. The first-order valence-electron chi connectivity index (χ1n) is 11.4. The second-order valence-corrected chi connectivity index (χ2v) is 7.94.